The number of rotatable bonds is 46. The second-order valence-corrected chi connectivity index (χ2v) is 18.5. The van der Waals surface area contributed by atoms with Gasteiger partial charge in [-0.05, 0) is 90.3 Å². The van der Waals surface area contributed by atoms with Crippen molar-refractivity contribution in [3.8, 4) is 0 Å². The van der Waals surface area contributed by atoms with E-state index >= 15 is 0 Å². The largest absolute Gasteiger partial charge is 0.466 e. The van der Waals surface area contributed by atoms with Gasteiger partial charge in [0, 0.05) is 32.4 Å². The minimum atomic E-state index is -0.0399. The van der Waals surface area contributed by atoms with E-state index in [4.69, 9.17) is 9.47 Å². The third-order valence-electron chi connectivity index (χ3n) is 12.4. The van der Waals surface area contributed by atoms with Crippen molar-refractivity contribution in [3.05, 3.63) is 0 Å². The summed E-state index contributed by atoms with van der Waals surface area (Å²) in [7, 11) is 4.12. The lowest BCUT2D eigenvalue weighted by Crippen LogP contribution is -2.33. The van der Waals surface area contributed by atoms with Gasteiger partial charge in [-0.2, -0.15) is 0 Å². The Balaban J connectivity index is 4.20. The first-order chi connectivity index (χ1) is 28.8. The Hall–Kier alpha value is -1.63. The van der Waals surface area contributed by atoms with Crippen LogP contribution in [-0.2, 0) is 23.9 Å². The van der Waals surface area contributed by atoms with Crippen LogP contribution in [0.15, 0.2) is 0 Å². The van der Waals surface area contributed by atoms with Crippen LogP contribution in [0.5, 0.6) is 0 Å². The number of esters is 2. The van der Waals surface area contributed by atoms with E-state index in [1.807, 2.05) is 0 Å². The maximum atomic E-state index is 13.1. The van der Waals surface area contributed by atoms with Crippen LogP contribution in [-0.4, -0.2) is 74.6 Å². The molecule has 0 aromatic heterocycles. The number of carbonyl (C=O) groups excluding carboxylic acids is 3. The maximum Gasteiger partial charge on any atom is 0.305 e. The summed E-state index contributed by atoms with van der Waals surface area (Å²) >= 11 is 0. The van der Waals surface area contributed by atoms with Crippen molar-refractivity contribution in [2.75, 3.05) is 46.9 Å². The van der Waals surface area contributed by atoms with Crippen LogP contribution >= 0.6 is 0 Å². The van der Waals surface area contributed by atoms with Crippen molar-refractivity contribution in [3.63, 3.8) is 0 Å². The van der Waals surface area contributed by atoms with Crippen molar-refractivity contribution in [2.24, 2.45) is 11.8 Å². The molecule has 0 atom stereocenters. The van der Waals surface area contributed by atoms with E-state index < -0.39 is 0 Å². The zero-order valence-electron chi connectivity index (χ0n) is 40.6. The van der Waals surface area contributed by atoms with Crippen molar-refractivity contribution < 1.29 is 23.9 Å². The quantitative estimate of drug-likeness (QED) is 0.0449. The normalized spacial score (nSPS) is 11.6. The number of hydrogen-bond acceptors (Lipinski definition) is 6. The Bertz CT molecular complexity index is 847. The Kier molecular flexibility index (Phi) is 43.2. The second-order valence-electron chi connectivity index (χ2n) is 18.5. The zero-order chi connectivity index (χ0) is 43.4. The summed E-state index contributed by atoms with van der Waals surface area (Å²) in [4.78, 5) is 42.0. The smallest absolute Gasteiger partial charge is 0.305 e. The fourth-order valence-electron chi connectivity index (χ4n) is 8.46. The number of carbonyl (C=O) groups is 3. The summed E-state index contributed by atoms with van der Waals surface area (Å²) in [6, 6.07) is 0. The Morgan fingerprint density at radius 1 is 0.373 bits per heavy atom. The number of amides is 1. The molecule has 0 spiro atoms. The number of nitrogens with zero attached hydrogens (tertiary/aromatic N) is 2. The molecule has 0 fully saturated rings. The molecule has 0 heterocycles. The third-order valence-corrected chi connectivity index (χ3v) is 12.4. The van der Waals surface area contributed by atoms with Gasteiger partial charge in [0.25, 0.3) is 0 Å². The highest BCUT2D eigenvalue weighted by atomic mass is 16.5. The Morgan fingerprint density at radius 2 is 0.712 bits per heavy atom. The average Bonchev–Trinajstić information content (AvgIpc) is 3.21. The first-order valence-corrected chi connectivity index (χ1v) is 26.0. The van der Waals surface area contributed by atoms with Crippen LogP contribution in [0.25, 0.3) is 0 Å². The first-order valence-electron chi connectivity index (χ1n) is 26.0. The molecule has 59 heavy (non-hydrogen) atoms. The number of hydrogen-bond donors (Lipinski definition) is 0. The predicted octanol–water partition coefficient (Wildman–Crippen LogP) is 14.8. The summed E-state index contributed by atoms with van der Waals surface area (Å²) in [5.41, 5.74) is 0. The summed E-state index contributed by atoms with van der Waals surface area (Å²) < 4.78 is 11.1. The zero-order valence-corrected chi connectivity index (χ0v) is 40.6. The molecular formula is C52H102N2O5. The van der Waals surface area contributed by atoms with Crippen LogP contribution < -0.4 is 0 Å². The molecule has 0 bridgehead atoms. The summed E-state index contributed by atoms with van der Waals surface area (Å²) in [6.07, 6.45) is 41.1. The molecular weight excluding hydrogens is 733 g/mol. The van der Waals surface area contributed by atoms with E-state index in [0.717, 1.165) is 115 Å². The van der Waals surface area contributed by atoms with E-state index in [9.17, 15) is 14.4 Å². The molecule has 0 aromatic rings. The van der Waals surface area contributed by atoms with E-state index in [0.29, 0.717) is 32.5 Å². The van der Waals surface area contributed by atoms with Gasteiger partial charge in [0.15, 0.2) is 0 Å². The SMILES string of the molecule is CCCCCC(CCCCC)CCCCOC(=O)CCCCCCCN(CCCCCCCC(=O)OCCCCC(CCCCC)CCCCC)C(=O)CCCN(C)C. The third kappa shape index (κ3) is 40.2. The lowest BCUT2D eigenvalue weighted by atomic mass is 9.90. The van der Waals surface area contributed by atoms with Gasteiger partial charge in [0.1, 0.15) is 0 Å². The minimum Gasteiger partial charge on any atom is -0.466 e. The molecule has 7 nitrogen and oxygen atoms in total. The first kappa shape index (κ1) is 57.4. The molecule has 0 N–H and O–H groups in total. The van der Waals surface area contributed by atoms with Crippen LogP contribution in [0.1, 0.15) is 259 Å². The lowest BCUT2D eigenvalue weighted by molar-refractivity contribution is -0.144. The number of ether oxygens (including phenoxy) is 2. The molecule has 0 rings (SSSR count). The highest BCUT2D eigenvalue weighted by Gasteiger charge is 2.14. The Morgan fingerprint density at radius 3 is 1.07 bits per heavy atom. The van der Waals surface area contributed by atoms with Gasteiger partial charge >= 0.3 is 11.9 Å². The number of unbranched alkanes of at least 4 members (excludes halogenated alkanes) is 18. The van der Waals surface area contributed by atoms with Crippen LogP contribution in [0.3, 0.4) is 0 Å². The van der Waals surface area contributed by atoms with Gasteiger partial charge in [-0.25, -0.2) is 0 Å². The van der Waals surface area contributed by atoms with Crippen LogP contribution in [0, 0.1) is 11.8 Å². The highest BCUT2D eigenvalue weighted by Crippen LogP contribution is 2.24. The summed E-state index contributed by atoms with van der Waals surface area (Å²) in [5.74, 6) is 1.90. The van der Waals surface area contributed by atoms with E-state index in [1.165, 1.54) is 128 Å². The standard InChI is InChI=1S/C52H102N2O5/c1-7-11-21-34-48(35-22-12-8-2)38-27-31-46-58-51(56)41-25-17-15-19-29-44-54(50(55)40-33-43-53(5)6)45-30-20-16-18-26-42-52(57)59-47-32-28-39-49(36-23-13-9-3)37-24-14-10-4/h48-49H,7-47H2,1-6H3. The molecule has 0 saturated heterocycles. The molecule has 0 aliphatic heterocycles. The maximum absolute atomic E-state index is 13.1. The highest BCUT2D eigenvalue weighted by molar-refractivity contribution is 5.76. The molecule has 1 amide bonds. The van der Waals surface area contributed by atoms with E-state index in [1.54, 1.807) is 0 Å². The average molecular weight is 835 g/mol. The van der Waals surface area contributed by atoms with Crippen LogP contribution in [0.4, 0.5) is 0 Å². The molecule has 0 radical (unpaired) electrons. The van der Waals surface area contributed by atoms with E-state index in [2.05, 4.69) is 51.6 Å². The fourth-order valence-corrected chi connectivity index (χ4v) is 8.46. The van der Waals surface area contributed by atoms with Gasteiger partial charge in [0.05, 0.1) is 13.2 Å². The molecule has 0 aliphatic carbocycles. The van der Waals surface area contributed by atoms with Gasteiger partial charge in [-0.15, -0.1) is 0 Å². The predicted molar refractivity (Wildman–Crippen MR) is 253 cm³/mol. The van der Waals surface area contributed by atoms with Gasteiger partial charge < -0.3 is 19.3 Å². The monoisotopic (exact) mass is 835 g/mol. The Labute approximate surface area is 368 Å². The second kappa shape index (κ2) is 44.4. The van der Waals surface area contributed by atoms with Crippen molar-refractivity contribution in [2.45, 2.75) is 259 Å². The topological polar surface area (TPSA) is 76.1 Å². The van der Waals surface area contributed by atoms with Crippen molar-refractivity contribution >= 4 is 17.8 Å². The fraction of sp³-hybridized carbons (Fsp3) is 0.942. The summed E-state index contributed by atoms with van der Waals surface area (Å²) in [5, 5.41) is 0. The van der Waals surface area contributed by atoms with Crippen LogP contribution in [0.2, 0.25) is 0 Å². The van der Waals surface area contributed by atoms with Gasteiger partial charge in [0.2, 0.25) is 5.91 Å². The molecule has 0 aromatic carbocycles. The van der Waals surface area contributed by atoms with Gasteiger partial charge in [-0.3, -0.25) is 14.4 Å². The van der Waals surface area contributed by atoms with Crippen molar-refractivity contribution in [1.82, 2.24) is 9.80 Å². The molecule has 0 unspecified atom stereocenters. The minimum absolute atomic E-state index is 0.0399. The van der Waals surface area contributed by atoms with Crippen molar-refractivity contribution in [1.29, 1.82) is 0 Å². The lowest BCUT2D eigenvalue weighted by Gasteiger charge is -2.23. The summed E-state index contributed by atoms with van der Waals surface area (Å²) in [6.45, 7) is 12.8. The molecule has 0 saturated carbocycles. The molecule has 350 valence electrons. The molecule has 0 aliphatic rings. The van der Waals surface area contributed by atoms with Gasteiger partial charge in [-0.1, -0.05) is 182 Å². The molecule has 7 heteroatoms. The van der Waals surface area contributed by atoms with E-state index in [-0.39, 0.29) is 17.8 Å².